The molecule has 0 fully saturated rings. The monoisotopic (exact) mass is 282 g/mol. The Hall–Kier alpha value is -1.04. The van der Waals surface area contributed by atoms with E-state index in [0.29, 0.717) is 0 Å². The van der Waals surface area contributed by atoms with Crippen LogP contribution in [-0.2, 0) is 6.18 Å². The number of Topliss-reactive ketones (excluding diaryl/α,β-unsaturated/α-hetero) is 1. The van der Waals surface area contributed by atoms with Crippen molar-refractivity contribution in [2.45, 2.75) is 13.1 Å². The minimum Gasteiger partial charge on any atom is -0.507 e. The number of phenols is 1. The van der Waals surface area contributed by atoms with Gasteiger partial charge in [-0.3, -0.25) is 4.79 Å². The first-order valence-electron chi connectivity index (χ1n) is 3.84. The van der Waals surface area contributed by atoms with Crippen LogP contribution in [0, 0.1) is 0 Å². The van der Waals surface area contributed by atoms with E-state index >= 15 is 0 Å². The molecular formula is C9H6BrF3O2. The molecule has 0 spiro atoms. The second kappa shape index (κ2) is 3.84. The molecule has 0 amide bonds. The van der Waals surface area contributed by atoms with Crippen LogP contribution in [0.2, 0.25) is 0 Å². The van der Waals surface area contributed by atoms with Gasteiger partial charge in [0.25, 0.3) is 0 Å². The van der Waals surface area contributed by atoms with Crippen LogP contribution in [0.4, 0.5) is 13.2 Å². The Labute approximate surface area is 91.8 Å². The van der Waals surface area contributed by atoms with Gasteiger partial charge in [0, 0.05) is 10.0 Å². The van der Waals surface area contributed by atoms with Crippen molar-refractivity contribution in [3.8, 4) is 5.75 Å². The Morgan fingerprint density at radius 2 is 1.93 bits per heavy atom. The molecule has 1 aromatic carbocycles. The van der Waals surface area contributed by atoms with Gasteiger partial charge in [-0.05, 0) is 35.0 Å². The highest BCUT2D eigenvalue weighted by molar-refractivity contribution is 9.10. The maximum Gasteiger partial charge on any atom is 0.421 e. The largest absolute Gasteiger partial charge is 0.507 e. The van der Waals surface area contributed by atoms with Gasteiger partial charge in [0.2, 0.25) is 0 Å². The first-order valence-corrected chi connectivity index (χ1v) is 4.64. The van der Waals surface area contributed by atoms with Gasteiger partial charge in [0.05, 0.1) is 0 Å². The van der Waals surface area contributed by atoms with Crippen molar-refractivity contribution in [1.29, 1.82) is 0 Å². The molecule has 1 aromatic rings. The third-order valence-electron chi connectivity index (χ3n) is 1.78. The lowest BCUT2D eigenvalue weighted by molar-refractivity contribution is -0.139. The summed E-state index contributed by atoms with van der Waals surface area (Å²) in [6.45, 7) is 1.15. The molecule has 1 rings (SSSR count). The Balaban J connectivity index is 3.51. The number of aromatic hydroxyl groups is 1. The van der Waals surface area contributed by atoms with Crippen LogP contribution in [0.3, 0.4) is 0 Å². The summed E-state index contributed by atoms with van der Waals surface area (Å²) in [6, 6.07) is 1.99. The molecule has 0 saturated heterocycles. The zero-order valence-corrected chi connectivity index (χ0v) is 9.11. The van der Waals surface area contributed by atoms with Gasteiger partial charge < -0.3 is 5.11 Å². The smallest absolute Gasteiger partial charge is 0.421 e. The summed E-state index contributed by atoms with van der Waals surface area (Å²) in [6.07, 6.45) is -4.70. The zero-order valence-electron chi connectivity index (χ0n) is 7.52. The van der Waals surface area contributed by atoms with Gasteiger partial charge in [-0.15, -0.1) is 0 Å². The molecule has 6 heteroatoms. The predicted molar refractivity (Wildman–Crippen MR) is 50.8 cm³/mol. The Kier molecular flexibility index (Phi) is 3.08. The minimum absolute atomic E-state index is 0.111. The lowest BCUT2D eigenvalue weighted by atomic mass is 10.1. The number of alkyl halides is 3. The Morgan fingerprint density at radius 3 is 2.33 bits per heavy atom. The summed E-state index contributed by atoms with van der Waals surface area (Å²) < 4.78 is 36.9. The van der Waals surface area contributed by atoms with Crippen molar-refractivity contribution in [3.05, 3.63) is 27.7 Å². The van der Waals surface area contributed by atoms with Crippen molar-refractivity contribution in [3.63, 3.8) is 0 Å². The van der Waals surface area contributed by atoms with Crippen molar-refractivity contribution in [2.24, 2.45) is 0 Å². The van der Waals surface area contributed by atoms with E-state index in [-0.39, 0.29) is 5.56 Å². The molecule has 0 heterocycles. The number of benzene rings is 1. The number of halogens is 4. The standard InChI is InChI=1S/C9H6BrF3O2/c1-4(14)5-2-3-6(15)7(8(5)10)9(11,12)13/h2-3,15H,1H3. The molecule has 0 aliphatic heterocycles. The van der Waals surface area contributed by atoms with Gasteiger partial charge in [-0.1, -0.05) is 0 Å². The number of ketones is 1. The molecule has 2 nitrogen and oxygen atoms in total. The van der Waals surface area contributed by atoms with Gasteiger partial charge in [-0.2, -0.15) is 13.2 Å². The SMILES string of the molecule is CC(=O)c1ccc(O)c(C(F)(F)F)c1Br. The van der Waals surface area contributed by atoms with Gasteiger partial charge >= 0.3 is 6.18 Å². The average Bonchev–Trinajstić information content (AvgIpc) is 2.00. The molecule has 0 unspecified atom stereocenters. The van der Waals surface area contributed by atoms with E-state index < -0.39 is 27.7 Å². The van der Waals surface area contributed by atoms with E-state index in [1.165, 1.54) is 0 Å². The summed E-state index contributed by atoms with van der Waals surface area (Å²) in [4.78, 5) is 11.0. The quantitative estimate of drug-likeness (QED) is 0.802. The molecule has 0 aromatic heterocycles. The molecule has 0 saturated carbocycles. The predicted octanol–water partition coefficient (Wildman–Crippen LogP) is 3.38. The van der Waals surface area contributed by atoms with Crippen molar-refractivity contribution < 1.29 is 23.1 Å². The van der Waals surface area contributed by atoms with Gasteiger partial charge in [0.1, 0.15) is 11.3 Å². The van der Waals surface area contributed by atoms with Crippen LogP contribution < -0.4 is 0 Å². The molecule has 0 aliphatic rings. The third-order valence-corrected chi connectivity index (χ3v) is 2.61. The lowest BCUT2D eigenvalue weighted by Gasteiger charge is -2.12. The highest BCUT2D eigenvalue weighted by atomic mass is 79.9. The lowest BCUT2D eigenvalue weighted by Crippen LogP contribution is -2.09. The second-order valence-electron chi connectivity index (χ2n) is 2.88. The molecule has 1 N–H and O–H groups in total. The van der Waals surface area contributed by atoms with Crippen molar-refractivity contribution in [2.75, 3.05) is 0 Å². The van der Waals surface area contributed by atoms with Crippen LogP contribution in [0.15, 0.2) is 16.6 Å². The molecule has 0 bridgehead atoms. The maximum absolute atomic E-state index is 12.5. The molecule has 0 aliphatic carbocycles. The number of hydrogen-bond acceptors (Lipinski definition) is 2. The van der Waals surface area contributed by atoms with E-state index in [9.17, 15) is 18.0 Å². The fourth-order valence-electron chi connectivity index (χ4n) is 1.11. The summed E-state index contributed by atoms with van der Waals surface area (Å²) in [5.41, 5.74) is -1.34. The van der Waals surface area contributed by atoms with E-state index in [1.807, 2.05) is 0 Å². The number of carbonyl (C=O) groups excluding carboxylic acids is 1. The van der Waals surface area contributed by atoms with Crippen LogP contribution in [0.25, 0.3) is 0 Å². The van der Waals surface area contributed by atoms with Gasteiger partial charge in [0.15, 0.2) is 5.78 Å². The summed E-state index contributed by atoms with van der Waals surface area (Å²) in [7, 11) is 0. The van der Waals surface area contributed by atoms with Crippen molar-refractivity contribution in [1.82, 2.24) is 0 Å². The minimum atomic E-state index is -4.70. The third kappa shape index (κ3) is 2.31. The number of carbonyl (C=O) groups is 1. The first kappa shape index (κ1) is 12.0. The Morgan fingerprint density at radius 1 is 1.40 bits per heavy atom. The second-order valence-corrected chi connectivity index (χ2v) is 3.67. The first-order chi connectivity index (χ1) is 6.75. The highest BCUT2D eigenvalue weighted by Gasteiger charge is 2.37. The number of hydrogen-bond donors (Lipinski definition) is 1. The molecule has 0 atom stereocenters. The normalized spacial score (nSPS) is 11.5. The zero-order chi connectivity index (χ0) is 11.8. The topological polar surface area (TPSA) is 37.3 Å². The highest BCUT2D eigenvalue weighted by Crippen LogP contribution is 2.42. The average molecular weight is 283 g/mol. The van der Waals surface area contributed by atoms with E-state index in [0.717, 1.165) is 19.1 Å². The fraction of sp³-hybridized carbons (Fsp3) is 0.222. The molecule has 82 valence electrons. The van der Waals surface area contributed by atoms with E-state index in [4.69, 9.17) is 5.11 Å². The molecular weight excluding hydrogens is 277 g/mol. The van der Waals surface area contributed by atoms with Gasteiger partial charge in [-0.25, -0.2) is 0 Å². The molecule has 15 heavy (non-hydrogen) atoms. The maximum atomic E-state index is 12.5. The van der Waals surface area contributed by atoms with E-state index in [2.05, 4.69) is 15.9 Å². The van der Waals surface area contributed by atoms with Crippen LogP contribution in [-0.4, -0.2) is 10.9 Å². The number of rotatable bonds is 1. The summed E-state index contributed by atoms with van der Waals surface area (Å²) in [5.74, 6) is -1.41. The van der Waals surface area contributed by atoms with Crippen molar-refractivity contribution >= 4 is 21.7 Å². The molecule has 0 radical (unpaired) electrons. The summed E-state index contributed by atoms with van der Waals surface area (Å²) >= 11 is 2.67. The van der Waals surface area contributed by atoms with E-state index in [1.54, 1.807) is 0 Å². The summed E-state index contributed by atoms with van der Waals surface area (Å²) in [5, 5.41) is 9.07. The number of phenolic OH excluding ortho intramolecular Hbond substituents is 1. The van der Waals surface area contributed by atoms with Crippen LogP contribution in [0.5, 0.6) is 5.75 Å². The van der Waals surface area contributed by atoms with Crippen LogP contribution >= 0.6 is 15.9 Å². The Bertz CT molecular complexity index is 413. The fourth-order valence-corrected chi connectivity index (χ4v) is 1.95. The van der Waals surface area contributed by atoms with Crippen LogP contribution in [0.1, 0.15) is 22.8 Å².